The molecular weight excluding hydrogens is 324 g/mol. The van der Waals surface area contributed by atoms with Crippen LogP contribution < -0.4 is 5.73 Å². The second-order valence-electron chi connectivity index (χ2n) is 5.83. The molecule has 0 spiro atoms. The number of primary amides is 1. The van der Waals surface area contributed by atoms with Gasteiger partial charge in [-0.05, 0) is 41.5 Å². The minimum atomic E-state index is -0.475. The van der Waals surface area contributed by atoms with Crippen LogP contribution in [0.1, 0.15) is 16.2 Å². The molecule has 124 valence electrons. The number of nitrogens with zero attached hydrogens (tertiary/aromatic N) is 3. The van der Waals surface area contributed by atoms with Crippen LogP contribution in [-0.2, 0) is 0 Å². The number of hydrogen-bond donors (Lipinski definition) is 1. The summed E-state index contributed by atoms with van der Waals surface area (Å²) < 4.78 is 1.81. The normalized spacial score (nSPS) is 10.6. The third-order valence-corrected chi connectivity index (χ3v) is 4.27. The summed E-state index contributed by atoms with van der Waals surface area (Å²) in [4.78, 5) is 16.1. The molecule has 0 fully saturated rings. The average Bonchev–Trinajstić information content (AvgIpc) is 3.06. The van der Waals surface area contributed by atoms with Crippen LogP contribution in [0.3, 0.4) is 0 Å². The van der Waals surface area contributed by atoms with E-state index in [1.807, 2.05) is 65.2 Å². The first-order chi connectivity index (χ1) is 12.7. The Morgan fingerprint density at radius 3 is 2.58 bits per heavy atom. The molecule has 0 aliphatic rings. The summed E-state index contributed by atoms with van der Waals surface area (Å²) in [6, 6.07) is 24.6. The van der Waals surface area contributed by atoms with Crippen molar-refractivity contribution in [2.24, 2.45) is 5.73 Å². The number of carbonyl (C=O) groups is 1. The molecule has 0 aliphatic heterocycles. The van der Waals surface area contributed by atoms with Crippen LogP contribution in [0.15, 0.2) is 72.8 Å². The second-order valence-corrected chi connectivity index (χ2v) is 5.83. The van der Waals surface area contributed by atoms with Gasteiger partial charge in [-0.3, -0.25) is 9.36 Å². The Morgan fingerprint density at radius 2 is 1.77 bits per heavy atom. The molecule has 0 bridgehead atoms. The first-order valence-electron chi connectivity index (χ1n) is 8.06. The Bertz CT molecular complexity index is 1180. The highest BCUT2D eigenvalue weighted by atomic mass is 16.1. The maximum atomic E-state index is 11.7. The summed E-state index contributed by atoms with van der Waals surface area (Å²) in [5.41, 5.74) is 9.97. The fourth-order valence-corrected chi connectivity index (χ4v) is 3.12. The Kier molecular flexibility index (Phi) is 3.71. The van der Waals surface area contributed by atoms with Crippen molar-refractivity contribution in [1.29, 1.82) is 5.26 Å². The number of fused-ring (bicyclic) bond motifs is 1. The number of rotatable bonds is 3. The van der Waals surface area contributed by atoms with Crippen LogP contribution in [0.5, 0.6) is 0 Å². The van der Waals surface area contributed by atoms with Crippen molar-refractivity contribution in [1.82, 2.24) is 9.55 Å². The SMILES string of the molecule is N#Cc1nc2ccccc2n1-c1cccc(-c2ccccc2C(N)=O)c1. The number of hydrogen-bond acceptors (Lipinski definition) is 3. The first kappa shape index (κ1) is 15.6. The van der Waals surface area contributed by atoms with E-state index < -0.39 is 5.91 Å². The summed E-state index contributed by atoms with van der Waals surface area (Å²) >= 11 is 0. The Labute approximate surface area is 149 Å². The topological polar surface area (TPSA) is 84.7 Å². The van der Waals surface area contributed by atoms with Gasteiger partial charge in [0, 0.05) is 11.3 Å². The monoisotopic (exact) mass is 338 g/mol. The summed E-state index contributed by atoms with van der Waals surface area (Å²) in [5.74, 6) is -0.164. The van der Waals surface area contributed by atoms with E-state index in [0.717, 1.165) is 27.8 Å². The zero-order valence-electron chi connectivity index (χ0n) is 13.8. The van der Waals surface area contributed by atoms with Gasteiger partial charge in [0.05, 0.1) is 11.0 Å². The largest absolute Gasteiger partial charge is 0.366 e. The molecule has 4 aromatic rings. The zero-order valence-corrected chi connectivity index (χ0v) is 13.8. The van der Waals surface area contributed by atoms with Crippen LogP contribution in [0, 0.1) is 11.3 Å². The van der Waals surface area contributed by atoms with Gasteiger partial charge in [-0.2, -0.15) is 5.26 Å². The van der Waals surface area contributed by atoms with Crippen molar-refractivity contribution in [2.75, 3.05) is 0 Å². The summed E-state index contributed by atoms with van der Waals surface area (Å²) in [5, 5.41) is 9.49. The second kappa shape index (κ2) is 6.19. The van der Waals surface area contributed by atoms with Crippen LogP contribution in [0.2, 0.25) is 0 Å². The molecule has 5 heteroatoms. The number of nitriles is 1. The smallest absolute Gasteiger partial charge is 0.249 e. The Balaban J connectivity index is 1.94. The van der Waals surface area contributed by atoms with Gasteiger partial charge in [-0.25, -0.2) is 4.98 Å². The molecular formula is C21H14N4O. The van der Waals surface area contributed by atoms with Gasteiger partial charge in [0.1, 0.15) is 6.07 Å². The van der Waals surface area contributed by atoms with Gasteiger partial charge < -0.3 is 5.73 Å². The Hall–Kier alpha value is -3.91. The number of benzene rings is 3. The van der Waals surface area contributed by atoms with Crippen molar-refractivity contribution in [3.8, 4) is 22.9 Å². The molecule has 1 heterocycles. The average molecular weight is 338 g/mol. The van der Waals surface area contributed by atoms with E-state index in [2.05, 4.69) is 11.1 Å². The summed E-state index contributed by atoms with van der Waals surface area (Å²) in [7, 11) is 0. The molecule has 5 nitrogen and oxygen atoms in total. The van der Waals surface area contributed by atoms with E-state index in [1.165, 1.54) is 0 Å². The highest BCUT2D eigenvalue weighted by molar-refractivity contribution is 6.00. The molecule has 0 unspecified atom stereocenters. The standard InChI is InChI=1S/C21H14N4O/c22-13-20-24-18-10-3-4-11-19(18)25(20)15-7-5-6-14(12-15)16-8-1-2-9-17(16)21(23)26/h1-12H,(H2,23,26). The number of carbonyl (C=O) groups excluding carboxylic acids is 1. The number of imidazole rings is 1. The zero-order chi connectivity index (χ0) is 18.1. The van der Waals surface area contributed by atoms with Gasteiger partial charge in [-0.1, -0.05) is 42.5 Å². The highest BCUT2D eigenvalue weighted by Gasteiger charge is 2.14. The number of nitrogens with two attached hydrogens (primary N) is 1. The molecule has 0 aliphatic carbocycles. The quantitative estimate of drug-likeness (QED) is 0.618. The van der Waals surface area contributed by atoms with Gasteiger partial charge in [0.15, 0.2) is 0 Å². The van der Waals surface area contributed by atoms with Crippen LogP contribution in [0.4, 0.5) is 0 Å². The number of aromatic nitrogens is 2. The molecule has 0 saturated heterocycles. The molecule has 0 saturated carbocycles. The van der Waals surface area contributed by atoms with Crippen molar-refractivity contribution < 1.29 is 4.79 Å². The van der Waals surface area contributed by atoms with E-state index in [9.17, 15) is 10.1 Å². The van der Waals surface area contributed by atoms with Crippen molar-refractivity contribution in [3.63, 3.8) is 0 Å². The van der Waals surface area contributed by atoms with E-state index in [4.69, 9.17) is 5.73 Å². The van der Waals surface area contributed by atoms with Gasteiger partial charge in [0.2, 0.25) is 11.7 Å². The minimum Gasteiger partial charge on any atom is -0.366 e. The predicted molar refractivity (Wildman–Crippen MR) is 99.7 cm³/mol. The molecule has 3 aromatic carbocycles. The molecule has 0 atom stereocenters. The van der Waals surface area contributed by atoms with Crippen molar-refractivity contribution in [3.05, 3.63) is 84.2 Å². The third-order valence-electron chi connectivity index (χ3n) is 4.27. The van der Waals surface area contributed by atoms with Crippen LogP contribution in [-0.4, -0.2) is 15.5 Å². The maximum Gasteiger partial charge on any atom is 0.249 e. The summed E-state index contributed by atoms with van der Waals surface area (Å²) in [6.45, 7) is 0. The lowest BCUT2D eigenvalue weighted by molar-refractivity contribution is 0.100. The molecule has 4 rings (SSSR count). The van der Waals surface area contributed by atoms with E-state index in [-0.39, 0.29) is 0 Å². The highest BCUT2D eigenvalue weighted by Crippen LogP contribution is 2.28. The lowest BCUT2D eigenvalue weighted by Crippen LogP contribution is -2.12. The van der Waals surface area contributed by atoms with Gasteiger partial charge in [-0.15, -0.1) is 0 Å². The van der Waals surface area contributed by atoms with Crippen LogP contribution >= 0.6 is 0 Å². The number of amides is 1. The number of para-hydroxylation sites is 2. The molecule has 1 amide bonds. The lowest BCUT2D eigenvalue weighted by Gasteiger charge is -2.11. The predicted octanol–water partition coefficient (Wildman–Crippen LogP) is 3.66. The molecule has 2 N–H and O–H groups in total. The van der Waals surface area contributed by atoms with E-state index in [0.29, 0.717) is 11.4 Å². The maximum absolute atomic E-state index is 11.7. The molecule has 26 heavy (non-hydrogen) atoms. The van der Waals surface area contributed by atoms with Gasteiger partial charge >= 0.3 is 0 Å². The van der Waals surface area contributed by atoms with Crippen molar-refractivity contribution in [2.45, 2.75) is 0 Å². The lowest BCUT2D eigenvalue weighted by atomic mass is 9.99. The molecule has 1 aromatic heterocycles. The van der Waals surface area contributed by atoms with E-state index >= 15 is 0 Å². The fourth-order valence-electron chi connectivity index (χ4n) is 3.12. The van der Waals surface area contributed by atoms with Gasteiger partial charge in [0.25, 0.3) is 0 Å². The van der Waals surface area contributed by atoms with Crippen LogP contribution in [0.25, 0.3) is 27.8 Å². The fraction of sp³-hybridized carbons (Fsp3) is 0. The minimum absolute atomic E-state index is 0.312. The summed E-state index contributed by atoms with van der Waals surface area (Å²) in [6.07, 6.45) is 0. The third kappa shape index (κ3) is 2.50. The van der Waals surface area contributed by atoms with Crippen molar-refractivity contribution >= 4 is 16.9 Å². The first-order valence-corrected chi connectivity index (χ1v) is 8.06. The van der Waals surface area contributed by atoms with E-state index in [1.54, 1.807) is 12.1 Å². The molecule has 0 radical (unpaired) electrons. The Morgan fingerprint density at radius 1 is 1.00 bits per heavy atom.